The molecular formula is C22H21Cl2F3N2O2. The van der Waals surface area contributed by atoms with Crippen molar-refractivity contribution < 1.29 is 22.8 Å². The maximum atomic E-state index is 13.0. The number of halogens is 5. The Morgan fingerprint density at radius 2 is 1.71 bits per heavy atom. The van der Waals surface area contributed by atoms with Gasteiger partial charge in [-0.25, -0.2) is 0 Å². The van der Waals surface area contributed by atoms with Crippen LogP contribution in [0.3, 0.4) is 0 Å². The zero-order chi connectivity index (χ0) is 22.6. The lowest BCUT2D eigenvalue weighted by Gasteiger charge is -2.26. The van der Waals surface area contributed by atoms with Crippen molar-refractivity contribution >= 4 is 35.0 Å². The number of hydrogen-bond acceptors (Lipinski definition) is 2. The van der Waals surface area contributed by atoms with Crippen LogP contribution >= 0.6 is 23.2 Å². The molecule has 1 aliphatic rings. The van der Waals surface area contributed by atoms with Gasteiger partial charge in [0.2, 0.25) is 5.91 Å². The first-order chi connectivity index (χ1) is 14.6. The third kappa shape index (κ3) is 6.14. The summed E-state index contributed by atoms with van der Waals surface area (Å²) >= 11 is 12.2. The van der Waals surface area contributed by atoms with Gasteiger partial charge in [-0.05, 0) is 43.2 Å². The smallest absolute Gasteiger partial charge is 0.351 e. The van der Waals surface area contributed by atoms with E-state index < -0.39 is 29.6 Å². The van der Waals surface area contributed by atoms with Crippen molar-refractivity contribution in [1.29, 1.82) is 0 Å². The second kappa shape index (κ2) is 9.92. The molecule has 2 amide bonds. The van der Waals surface area contributed by atoms with E-state index in [1.807, 2.05) is 0 Å². The molecule has 3 rings (SSSR count). The van der Waals surface area contributed by atoms with Gasteiger partial charge in [-0.3, -0.25) is 9.59 Å². The Hall–Kier alpha value is -2.25. The van der Waals surface area contributed by atoms with Gasteiger partial charge in [0, 0.05) is 27.2 Å². The number of carbonyl (C=O) groups is 2. The Bertz CT molecular complexity index is 960. The zero-order valence-corrected chi connectivity index (χ0v) is 17.9. The standard InChI is InChI=1S/C22H21Cl2F3N2O2/c23-15-9-10-17(18(24)12-15)19(21(31)28-16-7-2-1-3-8-16)29-20(30)13-5-4-6-14(11-13)22(25,26)27/h4-6,9-12,16,19H,1-3,7-8H2,(H,28,31)(H,29,30). The average molecular weight is 473 g/mol. The number of nitrogens with one attached hydrogen (secondary N) is 2. The first-order valence-electron chi connectivity index (χ1n) is 9.88. The largest absolute Gasteiger partial charge is 0.416 e. The Labute approximate surface area is 188 Å². The normalized spacial score (nSPS) is 15.9. The fourth-order valence-electron chi connectivity index (χ4n) is 3.60. The van der Waals surface area contributed by atoms with E-state index in [0.29, 0.717) is 10.6 Å². The molecule has 0 radical (unpaired) electrons. The van der Waals surface area contributed by atoms with Crippen LogP contribution in [0.15, 0.2) is 42.5 Å². The van der Waals surface area contributed by atoms with Crippen molar-refractivity contribution in [2.24, 2.45) is 0 Å². The molecule has 0 bridgehead atoms. The maximum Gasteiger partial charge on any atom is 0.416 e. The number of amides is 2. The van der Waals surface area contributed by atoms with Crippen LogP contribution in [-0.4, -0.2) is 17.9 Å². The predicted octanol–water partition coefficient (Wildman–Crippen LogP) is 5.93. The lowest BCUT2D eigenvalue weighted by atomic mass is 9.95. The molecule has 2 N–H and O–H groups in total. The van der Waals surface area contributed by atoms with Gasteiger partial charge in [-0.2, -0.15) is 13.2 Å². The van der Waals surface area contributed by atoms with Gasteiger partial charge in [0.05, 0.1) is 5.56 Å². The molecule has 1 aliphatic carbocycles. The van der Waals surface area contributed by atoms with Crippen molar-refractivity contribution in [2.45, 2.75) is 50.4 Å². The number of benzene rings is 2. The van der Waals surface area contributed by atoms with Crippen LogP contribution in [0.2, 0.25) is 10.0 Å². The fraction of sp³-hybridized carbons (Fsp3) is 0.364. The molecule has 2 aromatic rings. The summed E-state index contributed by atoms with van der Waals surface area (Å²) in [6, 6.07) is 7.29. The average Bonchev–Trinajstić information content (AvgIpc) is 2.72. The first-order valence-corrected chi connectivity index (χ1v) is 10.6. The van der Waals surface area contributed by atoms with Crippen LogP contribution in [-0.2, 0) is 11.0 Å². The minimum absolute atomic E-state index is 0.0275. The van der Waals surface area contributed by atoms with Crippen molar-refractivity contribution in [3.8, 4) is 0 Å². The van der Waals surface area contributed by atoms with Gasteiger partial charge in [-0.15, -0.1) is 0 Å². The summed E-state index contributed by atoms with van der Waals surface area (Å²) in [5.74, 6) is -1.29. The number of hydrogen-bond donors (Lipinski definition) is 2. The molecule has 0 spiro atoms. The summed E-state index contributed by atoms with van der Waals surface area (Å²) in [7, 11) is 0. The summed E-state index contributed by atoms with van der Waals surface area (Å²) in [6.45, 7) is 0. The van der Waals surface area contributed by atoms with Crippen molar-refractivity contribution in [3.63, 3.8) is 0 Å². The number of carbonyl (C=O) groups excluding carboxylic acids is 2. The van der Waals surface area contributed by atoms with Crippen LogP contribution in [0, 0.1) is 0 Å². The van der Waals surface area contributed by atoms with Gasteiger partial charge in [0.1, 0.15) is 6.04 Å². The Kier molecular flexibility index (Phi) is 7.49. The summed E-state index contributed by atoms with van der Waals surface area (Å²) in [5.41, 5.74) is -0.858. The summed E-state index contributed by atoms with van der Waals surface area (Å²) in [6.07, 6.45) is 0.156. The van der Waals surface area contributed by atoms with Crippen LogP contribution in [0.5, 0.6) is 0 Å². The molecule has 9 heteroatoms. The fourth-order valence-corrected chi connectivity index (χ4v) is 4.12. The first kappa shape index (κ1) is 23.4. The van der Waals surface area contributed by atoms with E-state index in [1.54, 1.807) is 0 Å². The van der Waals surface area contributed by atoms with E-state index in [1.165, 1.54) is 24.3 Å². The lowest BCUT2D eigenvalue weighted by Crippen LogP contribution is -2.45. The van der Waals surface area contributed by atoms with E-state index in [-0.39, 0.29) is 16.6 Å². The van der Waals surface area contributed by atoms with Gasteiger partial charge in [0.25, 0.3) is 5.91 Å². The van der Waals surface area contributed by atoms with Gasteiger partial charge < -0.3 is 10.6 Å². The topological polar surface area (TPSA) is 58.2 Å². The molecule has 1 saturated carbocycles. The zero-order valence-electron chi connectivity index (χ0n) is 16.4. The van der Waals surface area contributed by atoms with Gasteiger partial charge >= 0.3 is 6.18 Å². The summed E-state index contributed by atoms with van der Waals surface area (Å²) in [4.78, 5) is 25.8. The molecule has 0 aliphatic heterocycles. The van der Waals surface area contributed by atoms with E-state index in [2.05, 4.69) is 10.6 Å². The highest BCUT2D eigenvalue weighted by atomic mass is 35.5. The van der Waals surface area contributed by atoms with Crippen LogP contribution in [0.25, 0.3) is 0 Å². The van der Waals surface area contributed by atoms with Crippen LogP contribution in [0.4, 0.5) is 13.2 Å². The number of rotatable bonds is 5. The van der Waals surface area contributed by atoms with E-state index >= 15 is 0 Å². The highest BCUT2D eigenvalue weighted by Crippen LogP contribution is 2.30. The molecule has 31 heavy (non-hydrogen) atoms. The minimum Gasteiger partial charge on any atom is -0.351 e. The molecular weight excluding hydrogens is 452 g/mol. The second-order valence-corrected chi connectivity index (χ2v) is 8.34. The SMILES string of the molecule is O=C(NC(C(=O)NC1CCCCC1)c1ccc(Cl)cc1Cl)c1cccc(C(F)(F)F)c1. The van der Waals surface area contributed by atoms with Crippen LogP contribution < -0.4 is 10.6 Å². The Morgan fingerprint density at radius 1 is 1.00 bits per heavy atom. The molecule has 166 valence electrons. The molecule has 4 nitrogen and oxygen atoms in total. The molecule has 0 saturated heterocycles. The highest BCUT2D eigenvalue weighted by molar-refractivity contribution is 6.35. The van der Waals surface area contributed by atoms with Crippen molar-refractivity contribution in [3.05, 3.63) is 69.2 Å². The Balaban J connectivity index is 1.87. The minimum atomic E-state index is -4.59. The third-order valence-corrected chi connectivity index (χ3v) is 5.78. The van der Waals surface area contributed by atoms with E-state index in [9.17, 15) is 22.8 Å². The molecule has 1 unspecified atom stereocenters. The molecule has 1 fully saturated rings. The second-order valence-electron chi connectivity index (χ2n) is 7.49. The summed E-state index contributed by atoms with van der Waals surface area (Å²) in [5, 5.41) is 5.98. The van der Waals surface area contributed by atoms with Gasteiger partial charge in [-0.1, -0.05) is 54.6 Å². The monoisotopic (exact) mass is 472 g/mol. The quantitative estimate of drug-likeness (QED) is 0.566. The van der Waals surface area contributed by atoms with Crippen LogP contribution in [0.1, 0.15) is 59.6 Å². The maximum absolute atomic E-state index is 13.0. The lowest BCUT2D eigenvalue weighted by molar-refractivity contribution is -0.137. The molecule has 0 aromatic heterocycles. The van der Waals surface area contributed by atoms with E-state index in [4.69, 9.17) is 23.2 Å². The summed E-state index contributed by atoms with van der Waals surface area (Å²) < 4.78 is 39.0. The van der Waals surface area contributed by atoms with E-state index in [0.717, 1.165) is 50.3 Å². The third-order valence-electron chi connectivity index (χ3n) is 5.21. The Morgan fingerprint density at radius 3 is 2.35 bits per heavy atom. The highest BCUT2D eigenvalue weighted by Gasteiger charge is 2.32. The number of alkyl halides is 3. The molecule has 0 heterocycles. The molecule has 2 aromatic carbocycles. The molecule has 1 atom stereocenters. The van der Waals surface area contributed by atoms with Crippen molar-refractivity contribution in [1.82, 2.24) is 10.6 Å². The van der Waals surface area contributed by atoms with Gasteiger partial charge in [0.15, 0.2) is 0 Å². The van der Waals surface area contributed by atoms with Crippen molar-refractivity contribution in [2.75, 3.05) is 0 Å². The predicted molar refractivity (Wildman–Crippen MR) is 113 cm³/mol.